The molecular weight excluding hydrogens is 402 g/mol. The number of likely N-dealkylation sites (tertiary alicyclic amines) is 1. The molecule has 2 atom stereocenters. The van der Waals surface area contributed by atoms with E-state index in [2.05, 4.69) is 4.74 Å². The number of esters is 1. The Balaban J connectivity index is 3.53. The summed E-state index contributed by atoms with van der Waals surface area (Å²) in [6.07, 6.45) is 0.732. The second-order valence-corrected chi connectivity index (χ2v) is 13.6. The summed E-state index contributed by atoms with van der Waals surface area (Å²) in [5.41, 5.74) is 6.11. The van der Waals surface area contributed by atoms with Gasteiger partial charge in [-0.1, -0.05) is 20.8 Å². The number of carbonyl (C=O) groups is 2. The Hall–Kier alpha value is -1.10. The van der Waals surface area contributed by atoms with Gasteiger partial charge in [-0.15, -0.1) is 0 Å². The number of alkyl halides is 2. The molecule has 10 heteroatoms. The van der Waals surface area contributed by atoms with E-state index in [0.29, 0.717) is 12.8 Å². The van der Waals surface area contributed by atoms with Gasteiger partial charge in [-0.3, -0.25) is 9.59 Å². The highest BCUT2D eigenvalue weighted by Crippen LogP contribution is 2.46. The van der Waals surface area contributed by atoms with Crippen LogP contribution in [-0.4, -0.2) is 69.7 Å². The van der Waals surface area contributed by atoms with Crippen LogP contribution in [0.2, 0.25) is 18.1 Å². The Bertz CT molecular complexity index is 592. The fourth-order valence-electron chi connectivity index (χ4n) is 3.01. The summed E-state index contributed by atoms with van der Waals surface area (Å²) in [4.78, 5) is 25.8. The lowest BCUT2D eigenvalue weighted by Gasteiger charge is -2.50. The molecule has 0 saturated carbocycles. The maximum absolute atomic E-state index is 15.8. The molecule has 1 aliphatic heterocycles. The maximum Gasteiger partial charge on any atom is 0.377 e. The highest BCUT2D eigenvalue weighted by Gasteiger charge is 2.68. The predicted molar refractivity (Wildman–Crippen MR) is 108 cm³/mol. The topological polar surface area (TPSA) is 91.1 Å². The second-order valence-electron chi connectivity index (χ2n) is 8.92. The molecule has 1 saturated heterocycles. The lowest BCUT2D eigenvalue weighted by Crippen LogP contribution is -2.71. The fourth-order valence-corrected chi connectivity index (χ4v) is 4.41. The third-order valence-electron chi connectivity index (χ3n) is 5.77. The van der Waals surface area contributed by atoms with Crippen LogP contribution in [0.15, 0.2) is 0 Å². The molecule has 0 radical (unpaired) electrons. The molecule has 2 N–H and O–H groups in total. The van der Waals surface area contributed by atoms with E-state index in [4.69, 9.17) is 14.9 Å². The molecule has 170 valence electrons. The molecule has 1 heterocycles. The van der Waals surface area contributed by atoms with Crippen LogP contribution >= 0.6 is 0 Å². The third kappa shape index (κ3) is 5.34. The Morgan fingerprint density at radius 1 is 1.17 bits per heavy atom. The molecule has 0 aliphatic carbocycles. The number of amides is 1. The van der Waals surface area contributed by atoms with Gasteiger partial charge in [0.1, 0.15) is 0 Å². The summed E-state index contributed by atoms with van der Waals surface area (Å²) in [5.74, 6) is -9.04. The van der Waals surface area contributed by atoms with Gasteiger partial charge in [-0.25, -0.2) is 0 Å². The molecule has 0 aromatic heterocycles. The number of methoxy groups -OCH3 is 1. The average molecular weight is 439 g/mol. The molecule has 0 aromatic rings. The monoisotopic (exact) mass is 438 g/mol. The second kappa shape index (κ2) is 9.36. The Kier molecular flexibility index (Phi) is 8.37. The summed E-state index contributed by atoms with van der Waals surface area (Å²) >= 11 is 0. The van der Waals surface area contributed by atoms with Crippen molar-refractivity contribution >= 4 is 20.2 Å². The van der Waals surface area contributed by atoms with Crippen molar-refractivity contribution < 1.29 is 32.3 Å². The highest BCUT2D eigenvalue weighted by atomic mass is 28.4. The Labute approximate surface area is 173 Å². The van der Waals surface area contributed by atoms with Crippen molar-refractivity contribution in [3.8, 4) is 0 Å². The number of rotatable bonds is 9. The van der Waals surface area contributed by atoms with E-state index >= 15 is 8.78 Å². The van der Waals surface area contributed by atoms with E-state index in [1.165, 1.54) is 6.92 Å². The number of carbonyl (C=O) groups excluding carboxylic acids is 2. The molecule has 1 aliphatic rings. The molecule has 29 heavy (non-hydrogen) atoms. The fraction of sp³-hybridized carbons (Fsp3) is 0.895. The van der Waals surface area contributed by atoms with Crippen molar-refractivity contribution in [2.45, 2.75) is 82.8 Å². The average Bonchev–Trinajstić information content (AvgIpc) is 3.13. The van der Waals surface area contributed by atoms with Crippen molar-refractivity contribution in [1.29, 1.82) is 0 Å². The summed E-state index contributed by atoms with van der Waals surface area (Å²) in [6.45, 7) is 11.0. The first-order chi connectivity index (χ1) is 13.2. The first-order valence-electron chi connectivity index (χ1n) is 10.00. The number of nitrogens with zero attached hydrogens (tertiary/aromatic N) is 1. The van der Waals surface area contributed by atoms with Crippen LogP contribution in [0.25, 0.3) is 0 Å². The summed E-state index contributed by atoms with van der Waals surface area (Å²) in [6, 6.07) is -1.61. The maximum atomic E-state index is 15.8. The van der Waals surface area contributed by atoms with Crippen LogP contribution in [-0.2, 0) is 23.5 Å². The lowest BCUT2D eigenvalue weighted by atomic mass is 9.96. The molecule has 0 spiro atoms. The SMILES string of the molecule is CCO[C@@](O[Si](C)(C)C(C)(C)C)([C@@H](N)CC(=O)OC)C(F)(F)C(=O)N1CCCC1. The molecule has 0 unspecified atom stereocenters. The highest BCUT2D eigenvalue weighted by molar-refractivity contribution is 6.74. The van der Waals surface area contributed by atoms with Crippen LogP contribution in [0, 0.1) is 0 Å². The number of hydrogen-bond donors (Lipinski definition) is 1. The van der Waals surface area contributed by atoms with E-state index in [9.17, 15) is 9.59 Å². The quantitative estimate of drug-likeness (QED) is 0.338. The summed E-state index contributed by atoms with van der Waals surface area (Å²) in [5, 5.41) is -0.465. The van der Waals surface area contributed by atoms with Crippen molar-refractivity contribution in [3.05, 3.63) is 0 Å². The molecule has 1 amide bonds. The number of hydrogen-bond acceptors (Lipinski definition) is 6. The summed E-state index contributed by atoms with van der Waals surface area (Å²) < 4.78 is 47.9. The smallest absolute Gasteiger partial charge is 0.377 e. The molecule has 7 nitrogen and oxygen atoms in total. The van der Waals surface area contributed by atoms with Gasteiger partial charge >= 0.3 is 11.9 Å². The third-order valence-corrected chi connectivity index (χ3v) is 10.2. The van der Waals surface area contributed by atoms with E-state index in [-0.39, 0.29) is 19.7 Å². The van der Waals surface area contributed by atoms with Gasteiger partial charge in [0.25, 0.3) is 11.7 Å². The van der Waals surface area contributed by atoms with Crippen molar-refractivity contribution in [2.24, 2.45) is 5.73 Å². The first kappa shape index (κ1) is 25.9. The van der Waals surface area contributed by atoms with Crippen LogP contribution in [0.4, 0.5) is 8.78 Å². The van der Waals surface area contributed by atoms with Crippen LogP contribution < -0.4 is 5.73 Å². The van der Waals surface area contributed by atoms with Gasteiger partial charge in [0, 0.05) is 19.7 Å². The zero-order valence-corrected chi connectivity index (χ0v) is 19.6. The van der Waals surface area contributed by atoms with E-state index in [1.807, 2.05) is 20.8 Å². The van der Waals surface area contributed by atoms with Crippen LogP contribution in [0.5, 0.6) is 0 Å². The zero-order valence-electron chi connectivity index (χ0n) is 18.6. The molecule has 0 aromatic carbocycles. The molecule has 1 fully saturated rings. The predicted octanol–water partition coefficient (Wildman–Crippen LogP) is 2.89. The van der Waals surface area contributed by atoms with E-state index < -0.39 is 49.4 Å². The van der Waals surface area contributed by atoms with E-state index in [0.717, 1.165) is 12.0 Å². The molecular formula is C19H36F2N2O5Si. The zero-order chi connectivity index (χ0) is 22.7. The van der Waals surface area contributed by atoms with Gasteiger partial charge < -0.3 is 24.5 Å². The van der Waals surface area contributed by atoms with Crippen LogP contribution in [0.1, 0.15) is 47.0 Å². The Morgan fingerprint density at radius 3 is 2.10 bits per heavy atom. The van der Waals surface area contributed by atoms with Crippen molar-refractivity contribution in [1.82, 2.24) is 4.90 Å². The van der Waals surface area contributed by atoms with Crippen LogP contribution in [0.3, 0.4) is 0 Å². The number of ether oxygens (including phenoxy) is 2. The van der Waals surface area contributed by atoms with Gasteiger partial charge in [0.2, 0.25) is 0 Å². The number of nitrogens with two attached hydrogens (primary N) is 1. The minimum Gasteiger partial charge on any atom is -0.469 e. The van der Waals surface area contributed by atoms with Crippen molar-refractivity contribution in [3.63, 3.8) is 0 Å². The van der Waals surface area contributed by atoms with Gasteiger partial charge in [-0.05, 0) is 37.9 Å². The summed E-state index contributed by atoms with van der Waals surface area (Å²) in [7, 11) is -1.77. The van der Waals surface area contributed by atoms with E-state index in [1.54, 1.807) is 13.1 Å². The standard InChI is InChI=1S/C19H36F2N2O5Si/c1-8-27-19(14(22)13-15(24)26-5,28-29(6,7)17(2,3)4)18(20,21)16(25)23-11-9-10-12-23/h14H,8-13,22H2,1-7H3/t14-,19+/m0/s1. The Morgan fingerprint density at radius 2 is 1.69 bits per heavy atom. The lowest BCUT2D eigenvalue weighted by molar-refractivity contribution is -0.307. The minimum atomic E-state index is -4.09. The normalized spacial score (nSPS) is 19.0. The molecule has 0 bridgehead atoms. The van der Waals surface area contributed by atoms with Gasteiger partial charge in [-0.2, -0.15) is 8.78 Å². The van der Waals surface area contributed by atoms with Gasteiger partial charge in [0.15, 0.2) is 8.32 Å². The van der Waals surface area contributed by atoms with Gasteiger partial charge in [0.05, 0.1) is 19.6 Å². The van der Waals surface area contributed by atoms with Crippen molar-refractivity contribution in [2.75, 3.05) is 26.8 Å². The number of halogens is 2. The minimum absolute atomic E-state index is 0.174. The first-order valence-corrected chi connectivity index (χ1v) is 12.9. The molecule has 1 rings (SSSR count). The largest absolute Gasteiger partial charge is 0.469 e.